The minimum absolute atomic E-state index is 0.184. The quantitative estimate of drug-likeness (QED) is 0.668. The molecule has 98 valence electrons. The molecule has 0 radical (unpaired) electrons. The van der Waals surface area contributed by atoms with Gasteiger partial charge in [0, 0.05) is 17.7 Å². The van der Waals surface area contributed by atoms with Crippen LogP contribution in [0.15, 0.2) is 67.3 Å². The fraction of sp³-hybridized carbons (Fsp3) is 0.0556. The van der Waals surface area contributed by atoms with E-state index in [1.165, 1.54) is 6.08 Å². The van der Waals surface area contributed by atoms with Gasteiger partial charge in [-0.3, -0.25) is 4.79 Å². The maximum absolute atomic E-state index is 11.2. The minimum atomic E-state index is -0.184. The Morgan fingerprint density at radius 3 is 2.50 bits per heavy atom. The molecule has 2 aromatic rings. The summed E-state index contributed by atoms with van der Waals surface area (Å²) < 4.78 is 0. The summed E-state index contributed by atoms with van der Waals surface area (Å²) in [5, 5.41) is 2.76. The summed E-state index contributed by atoms with van der Waals surface area (Å²) in [7, 11) is 0. The average molecular weight is 261 g/mol. The Morgan fingerprint density at radius 2 is 1.75 bits per heavy atom. The third kappa shape index (κ3) is 3.86. The van der Waals surface area contributed by atoms with Crippen molar-refractivity contribution in [1.29, 1.82) is 0 Å². The second-order valence-corrected chi connectivity index (χ2v) is 4.20. The van der Waals surface area contributed by atoms with Gasteiger partial charge in [0.15, 0.2) is 0 Å². The van der Waals surface area contributed by atoms with Gasteiger partial charge in [0.05, 0.1) is 0 Å². The lowest BCUT2D eigenvalue weighted by atomic mass is 10.1. The molecule has 0 aliphatic heterocycles. The summed E-state index contributed by atoms with van der Waals surface area (Å²) in [6.07, 6.45) is 1.26. The van der Waals surface area contributed by atoms with E-state index < -0.39 is 0 Å². The lowest BCUT2D eigenvalue weighted by molar-refractivity contribution is -0.116. The maximum atomic E-state index is 11.2. The van der Waals surface area contributed by atoms with Crippen molar-refractivity contribution in [3.63, 3.8) is 0 Å². The van der Waals surface area contributed by atoms with Crippen LogP contribution in [0.5, 0.6) is 0 Å². The SMILES string of the molecule is C=CC(=O)NCc1ccccc1C#Cc1ccccc1. The third-order valence-electron chi connectivity index (χ3n) is 2.77. The molecule has 2 heteroatoms. The third-order valence-corrected chi connectivity index (χ3v) is 2.77. The first kappa shape index (κ1) is 13.6. The molecule has 0 saturated heterocycles. The first-order valence-electron chi connectivity index (χ1n) is 6.35. The standard InChI is InChI=1S/C18H15NO/c1-2-18(20)19-14-17-11-7-6-10-16(17)13-12-15-8-4-3-5-9-15/h2-11H,1,14H2,(H,19,20). The smallest absolute Gasteiger partial charge is 0.243 e. The van der Waals surface area contributed by atoms with Crippen molar-refractivity contribution in [1.82, 2.24) is 5.32 Å². The molecule has 0 saturated carbocycles. The molecule has 0 aliphatic rings. The van der Waals surface area contributed by atoms with E-state index >= 15 is 0 Å². The molecule has 0 aliphatic carbocycles. The molecule has 0 aromatic heterocycles. The Labute approximate surface area is 119 Å². The van der Waals surface area contributed by atoms with Crippen molar-refractivity contribution in [3.05, 3.63) is 83.9 Å². The molecular weight excluding hydrogens is 246 g/mol. The van der Waals surface area contributed by atoms with Gasteiger partial charge < -0.3 is 5.32 Å². The Morgan fingerprint density at radius 1 is 1.05 bits per heavy atom. The Kier molecular flexibility index (Phi) is 4.75. The number of carbonyl (C=O) groups excluding carboxylic acids is 1. The van der Waals surface area contributed by atoms with Crippen LogP contribution in [0.1, 0.15) is 16.7 Å². The number of hydrogen-bond acceptors (Lipinski definition) is 1. The molecule has 2 rings (SSSR count). The zero-order chi connectivity index (χ0) is 14.2. The Hall–Kier alpha value is -2.79. The van der Waals surface area contributed by atoms with Gasteiger partial charge in [-0.25, -0.2) is 0 Å². The number of benzene rings is 2. The molecule has 0 spiro atoms. The Bertz CT molecular complexity index is 663. The molecule has 0 atom stereocenters. The lowest BCUT2D eigenvalue weighted by Crippen LogP contribution is -2.20. The van der Waals surface area contributed by atoms with E-state index in [2.05, 4.69) is 23.7 Å². The van der Waals surface area contributed by atoms with E-state index in [-0.39, 0.29) is 5.91 Å². The van der Waals surface area contributed by atoms with Crippen molar-refractivity contribution in [2.45, 2.75) is 6.54 Å². The molecular formula is C18H15NO. The van der Waals surface area contributed by atoms with Crippen LogP contribution in [-0.2, 0) is 11.3 Å². The van der Waals surface area contributed by atoms with Gasteiger partial charge in [-0.15, -0.1) is 0 Å². The maximum Gasteiger partial charge on any atom is 0.243 e. The zero-order valence-electron chi connectivity index (χ0n) is 11.1. The molecule has 20 heavy (non-hydrogen) atoms. The molecule has 2 nitrogen and oxygen atoms in total. The van der Waals surface area contributed by atoms with E-state index in [0.717, 1.165) is 16.7 Å². The lowest BCUT2D eigenvalue weighted by Gasteiger charge is -2.05. The zero-order valence-corrected chi connectivity index (χ0v) is 11.1. The number of amides is 1. The van der Waals surface area contributed by atoms with E-state index in [9.17, 15) is 4.79 Å². The second-order valence-electron chi connectivity index (χ2n) is 4.20. The van der Waals surface area contributed by atoms with Gasteiger partial charge in [0.2, 0.25) is 5.91 Å². The summed E-state index contributed by atoms with van der Waals surface area (Å²) in [5.41, 5.74) is 2.88. The normalized spacial score (nSPS) is 9.20. The summed E-state index contributed by atoms with van der Waals surface area (Å²) in [6, 6.07) is 17.6. The van der Waals surface area contributed by atoms with Crippen LogP contribution < -0.4 is 5.32 Å². The predicted molar refractivity (Wildman–Crippen MR) is 80.9 cm³/mol. The summed E-state index contributed by atoms with van der Waals surface area (Å²) in [6.45, 7) is 3.88. The highest BCUT2D eigenvalue weighted by Gasteiger charge is 2.00. The van der Waals surface area contributed by atoms with Crippen molar-refractivity contribution in [3.8, 4) is 11.8 Å². The molecule has 2 aromatic carbocycles. The number of nitrogens with one attached hydrogen (secondary N) is 1. The van der Waals surface area contributed by atoms with Crippen LogP contribution >= 0.6 is 0 Å². The molecule has 0 fully saturated rings. The van der Waals surface area contributed by atoms with Crippen molar-refractivity contribution < 1.29 is 4.79 Å². The van der Waals surface area contributed by atoms with Gasteiger partial charge >= 0.3 is 0 Å². The first-order valence-corrected chi connectivity index (χ1v) is 6.35. The fourth-order valence-electron chi connectivity index (χ4n) is 1.71. The van der Waals surface area contributed by atoms with Crippen molar-refractivity contribution in [2.75, 3.05) is 0 Å². The highest BCUT2D eigenvalue weighted by atomic mass is 16.1. The summed E-state index contributed by atoms with van der Waals surface area (Å²) in [4.78, 5) is 11.2. The highest BCUT2D eigenvalue weighted by molar-refractivity contribution is 5.86. The van der Waals surface area contributed by atoms with Crippen LogP contribution in [0.3, 0.4) is 0 Å². The van der Waals surface area contributed by atoms with Crippen LogP contribution in [0, 0.1) is 11.8 Å². The number of hydrogen-bond donors (Lipinski definition) is 1. The van der Waals surface area contributed by atoms with Gasteiger partial charge in [0.1, 0.15) is 0 Å². The van der Waals surface area contributed by atoms with Gasteiger partial charge in [0.25, 0.3) is 0 Å². The Balaban J connectivity index is 2.18. The van der Waals surface area contributed by atoms with Gasteiger partial charge in [-0.1, -0.05) is 54.8 Å². The summed E-state index contributed by atoms with van der Waals surface area (Å²) in [5.74, 6) is 6.08. The minimum Gasteiger partial charge on any atom is -0.348 e. The largest absolute Gasteiger partial charge is 0.348 e. The molecule has 0 bridgehead atoms. The van der Waals surface area contributed by atoms with E-state index in [0.29, 0.717) is 6.54 Å². The van der Waals surface area contributed by atoms with Gasteiger partial charge in [-0.2, -0.15) is 0 Å². The average Bonchev–Trinajstić information content (AvgIpc) is 2.52. The van der Waals surface area contributed by atoms with Crippen molar-refractivity contribution in [2.24, 2.45) is 0 Å². The van der Waals surface area contributed by atoms with Crippen LogP contribution in [-0.4, -0.2) is 5.91 Å². The van der Waals surface area contributed by atoms with Crippen molar-refractivity contribution >= 4 is 5.91 Å². The van der Waals surface area contributed by atoms with E-state index in [4.69, 9.17) is 0 Å². The first-order chi connectivity index (χ1) is 9.79. The number of rotatable bonds is 3. The van der Waals surface area contributed by atoms with Crippen LogP contribution in [0.4, 0.5) is 0 Å². The van der Waals surface area contributed by atoms with Gasteiger partial charge in [-0.05, 0) is 29.8 Å². The highest BCUT2D eigenvalue weighted by Crippen LogP contribution is 2.07. The molecule has 1 N–H and O–H groups in total. The molecule has 0 unspecified atom stereocenters. The monoisotopic (exact) mass is 261 g/mol. The second kappa shape index (κ2) is 6.96. The fourth-order valence-corrected chi connectivity index (χ4v) is 1.71. The van der Waals surface area contributed by atoms with E-state index in [1.54, 1.807) is 0 Å². The van der Waals surface area contributed by atoms with Crippen LogP contribution in [0.25, 0.3) is 0 Å². The number of carbonyl (C=O) groups is 1. The topological polar surface area (TPSA) is 29.1 Å². The summed E-state index contributed by atoms with van der Waals surface area (Å²) >= 11 is 0. The molecule has 1 amide bonds. The van der Waals surface area contributed by atoms with E-state index in [1.807, 2.05) is 54.6 Å². The predicted octanol–water partition coefficient (Wildman–Crippen LogP) is 2.89. The van der Waals surface area contributed by atoms with Crippen LogP contribution in [0.2, 0.25) is 0 Å². The molecule has 0 heterocycles.